The molecule has 0 saturated carbocycles. The maximum absolute atomic E-state index is 4.86. The third kappa shape index (κ3) is 5.07. The van der Waals surface area contributed by atoms with Crippen molar-refractivity contribution in [2.75, 3.05) is 0 Å². The zero-order chi connectivity index (χ0) is 29.9. The maximum Gasteiger partial charge on any atom is 0.0886 e. The van der Waals surface area contributed by atoms with Crippen LogP contribution in [0.5, 0.6) is 0 Å². The van der Waals surface area contributed by atoms with E-state index in [-0.39, 0.29) is 0 Å². The number of hydrogen-bond donors (Lipinski definition) is 0. The number of fused-ring (bicyclic) bond motifs is 2. The fraction of sp³-hybridized carbons (Fsp3) is 0.0500. The molecule has 0 amide bonds. The molecule has 4 heteroatoms. The van der Waals surface area contributed by atoms with Crippen molar-refractivity contribution in [2.45, 2.75) is 13.8 Å². The Kier molecular flexibility index (Phi) is 7.31. The number of allylic oxidation sites excluding steroid dienone is 4. The number of pyridine rings is 4. The van der Waals surface area contributed by atoms with E-state index in [2.05, 4.69) is 102 Å². The van der Waals surface area contributed by atoms with Crippen molar-refractivity contribution in [3.8, 4) is 45.0 Å². The van der Waals surface area contributed by atoms with Gasteiger partial charge in [0.25, 0.3) is 0 Å². The largest absolute Gasteiger partial charge is 0.255 e. The van der Waals surface area contributed by atoms with Crippen LogP contribution < -0.4 is 0 Å². The van der Waals surface area contributed by atoms with Crippen molar-refractivity contribution < 1.29 is 0 Å². The summed E-state index contributed by atoms with van der Waals surface area (Å²) in [6, 6.07) is 35.7. The molecule has 4 nitrogen and oxygen atoms in total. The number of benzene rings is 3. The zero-order valence-electron chi connectivity index (χ0n) is 24.6. The van der Waals surface area contributed by atoms with E-state index in [9.17, 15) is 0 Å². The molecule has 0 aliphatic rings. The summed E-state index contributed by atoms with van der Waals surface area (Å²) in [5.41, 5.74) is 10.3. The molecule has 7 rings (SSSR count). The molecule has 0 spiro atoms. The Balaban J connectivity index is 1.48. The third-order valence-corrected chi connectivity index (χ3v) is 7.98. The van der Waals surface area contributed by atoms with Gasteiger partial charge in [-0.2, -0.15) is 0 Å². The molecule has 3 aromatic carbocycles. The van der Waals surface area contributed by atoms with Gasteiger partial charge in [-0.3, -0.25) is 19.9 Å². The Bertz CT molecular complexity index is 2150. The lowest BCUT2D eigenvalue weighted by Gasteiger charge is -2.19. The highest BCUT2D eigenvalue weighted by atomic mass is 14.8. The SMILES string of the molecule is C/C=C\C=C(/C)c1ccc2c(-c3ccc(-c4ccccn4)nc3)c3ccccc3c(-c3ccc(-c4ccccn4)nc3)c2c1. The van der Waals surface area contributed by atoms with E-state index in [0.717, 1.165) is 39.5 Å². The summed E-state index contributed by atoms with van der Waals surface area (Å²) in [5, 5.41) is 4.68. The fourth-order valence-corrected chi connectivity index (χ4v) is 5.80. The van der Waals surface area contributed by atoms with E-state index < -0.39 is 0 Å². The average molecular weight is 567 g/mol. The Morgan fingerprint density at radius 1 is 0.523 bits per heavy atom. The van der Waals surface area contributed by atoms with Crippen molar-refractivity contribution in [1.29, 1.82) is 0 Å². The molecule has 0 saturated heterocycles. The normalized spacial score (nSPS) is 11.9. The molecule has 7 aromatic rings. The molecular weight excluding hydrogens is 536 g/mol. The molecule has 4 aromatic heterocycles. The Labute approximate surface area is 257 Å². The zero-order valence-corrected chi connectivity index (χ0v) is 24.6. The first kappa shape index (κ1) is 27.1. The van der Waals surface area contributed by atoms with Gasteiger partial charge < -0.3 is 0 Å². The number of hydrogen-bond acceptors (Lipinski definition) is 4. The van der Waals surface area contributed by atoms with Crippen molar-refractivity contribution >= 4 is 27.1 Å². The minimum absolute atomic E-state index is 0.851. The molecule has 210 valence electrons. The Morgan fingerprint density at radius 2 is 1.05 bits per heavy atom. The first-order chi connectivity index (χ1) is 21.7. The Morgan fingerprint density at radius 3 is 1.55 bits per heavy atom. The van der Waals surface area contributed by atoms with Crippen LogP contribution in [0.25, 0.3) is 72.1 Å². The molecule has 44 heavy (non-hydrogen) atoms. The van der Waals surface area contributed by atoms with Crippen LogP contribution in [0.3, 0.4) is 0 Å². The van der Waals surface area contributed by atoms with Gasteiger partial charge in [0.2, 0.25) is 0 Å². The van der Waals surface area contributed by atoms with Crippen molar-refractivity contribution in [2.24, 2.45) is 0 Å². The predicted molar refractivity (Wildman–Crippen MR) is 183 cm³/mol. The number of aromatic nitrogens is 4. The maximum atomic E-state index is 4.86. The van der Waals surface area contributed by atoms with Crippen molar-refractivity contribution in [1.82, 2.24) is 19.9 Å². The summed E-state index contributed by atoms with van der Waals surface area (Å²) in [5.74, 6) is 0. The standard InChI is InChI=1S/C40H30N4/c1-3-4-11-27(2)28-16-19-33-34(24-28)40(30-18-21-38(44-26-30)36-15-8-10-23-42-36)32-13-6-5-12-31(32)39(33)29-17-20-37(43-25-29)35-14-7-9-22-41-35/h3-26H,1-2H3/b4-3-,27-11+. The van der Waals surface area contributed by atoms with Gasteiger partial charge in [-0.15, -0.1) is 0 Å². The van der Waals surface area contributed by atoms with Gasteiger partial charge in [0.05, 0.1) is 22.8 Å². The van der Waals surface area contributed by atoms with Gasteiger partial charge in [-0.05, 0) is 100 Å². The molecule has 0 radical (unpaired) electrons. The van der Waals surface area contributed by atoms with E-state index in [1.54, 1.807) is 12.4 Å². The summed E-state index contributed by atoms with van der Waals surface area (Å²) >= 11 is 0. The van der Waals surface area contributed by atoms with Gasteiger partial charge in [0.15, 0.2) is 0 Å². The summed E-state index contributed by atoms with van der Waals surface area (Å²) in [7, 11) is 0. The van der Waals surface area contributed by atoms with Crippen LogP contribution in [0.4, 0.5) is 0 Å². The van der Waals surface area contributed by atoms with Gasteiger partial charge >= 0.3 is 0 Å². The molecule has 0 bridgehead atoms. The van der Waals surface area contributed by atoms with Crippen LogP contribution in [-0.2, 0) is 0 Å². The van der Waals surface area contributed by atoms with E-state index in [4.69, 9.17) is 9.97 Å². The van der Waals surface area contributed by atoms with Crippen LogP contribution in [0.1, 0.15) is 19.4 Å². The van der Waals surface area contributed by atoms with Crippen molar-refractivity contribution in [3.05, 3.63) is 152 Å². The number of rotatable bonds is 6. The van der Waals surface area contributed by atoms with E-state index in [1.165, 1.54) is 38.2 Å². The van der Waals surface area contributed by atoms with E-state index in [1.807, 2.05) is 55.7 Å². The quantitative estimate of drug-likeness (QED) is 0.148. The van der Waals surface area contributed by atoms with Gasteiger partial charge in [-0.1, -0.05) is 78.9 Å². The van der Waals surface area contributed by atoms with Crippen LogP contribution >= 0.6 is 0 Å². The van der Waals surface area contributed by atoms with Crippen LogP contribution in [0.15, 0.2) is 146 Å². The average Bonchev–Trinajstić information content (AvgIpc) is 3.10. The first-order valence-corrected chi connectivity index (χ1v) is 14.8. The summed E-state index contributed by atoms with van der Waals surface area (Å²) in [6.07, 6.45) is 13.8. The monoisotopic (exact) mass is 566 g/mol. The van der Waals surface area contributed by atoms with Gasteiger partial charge in [0, 0.05) is 35.9 Å². The molecule has 0 aliphatic carbocycles. The summed E-state index contributed by atoms with van der Waals surface area (Å²) in [6.45, 7) is 4.20. The van der Waals surface area contributed by atoms with Gasteiger partial charge in [0.1, 0.15) is 0 Å². The van der Waals surface area contributed by atoms with Crippen LogP contribution in [-0.4, -0.2) is 19.9 Å². The lowest BCUT2D eigenvalue weighted by Crippen LogP contribution is -1.94. The first-order valence-electron chi connectivity index (χ1n) is 14.8. The minimum atomic E-state index is 0.851. The second-order valence-corrected chi connectivity index (χ2v) is 10.7. The summed E-state index contributed by atoms with van der Waals surface area (Å²) < 4.78 is 0. The highest BCUT2D eigenvalue weighted by Crippen LogP contribution is 2.44. The lowest BCUT2D eigenvalue weighted by atomic mass is 9.85. The highest BCUT2D eigenvalue weighted by Gasteiger charge is 2.18. The predicted octanol–water partition coefficient (Wildman–Crippen LogP) is 10.2. The van der Waals surface area contributed by atoms with Crippen molar-refractivity contribution in [3.63, 3.8) is 0 Å². The number of nitrogens with zero attached hydrogens (tertiary/aromatic N) is 4. The topological polar surface area (TPSA) is 51.6 Å². The molecule has 4 heterocycles. The smallest absolute Gasteiger partial charge is 0.0886 e. The van der Waals surface area contributed by atoms with Crippen LogP contribution in [0, 0.1) is 0 Å². The molecule has 0 aliphatic heterocycles. The lowest BCUT2D eigenvalue weighted by molar-refractivity contribution is 1.25. The molecule has 0 fully saturated rings. The highest BCUT2D eigenvalue weighted by molar-refractivity contribution is 6.21. The minimum Gasteiger partial charge on any atom is -0.255 e. The third-order valence-electron chi connectivity index (χ3n) is 7.98. The summed E-state index contributed by atoms with van der Waals surface area (Å²) in [4.78, 5) is 18.7. The molecule has 0 atom stereocenters. The second-order valence-electron chi connectivity index (χ2n) is 10.7. The Hall–Kier alpha value is -5.74. The molecular formula is C40H30N4. The second kappa shape index (κ2) is 11.9. The van der Waals surface area contributed by atoms with E-state index in [0.29, 0.717) is 0 Å². The fourth-order valence-electron chi connectivity index (χ4n) is 5.80. The van der Waals surface area contributed by atoms with Crippen LogP contribution in [0.2, 0.25) is 0 Å². The van der Waals surface area contributed by atoms with Gasteiger partial charge in [-0.25, -0.2) is 0 Å². The van der Waals surface area contributed by atoms with E-state index >= 15 is 0 Å². The molecule has 0 N–H and O–H groups in total. The molecule has 0 unspecified atom stereocenters.